The maximum absolute atomic E-state index is 6.21. The van der Waals surface area contributed by atoms with Gasteiger partial charge in [0, 0.05) is 23.7 Å². The zero-order valence-electron chi connectivity index (χ0n) is 12.6. The first kappa shape index (κ1) is 14.9. The maximum atomic E-state index is 6.21. The molecule has 2 rings (SSSR count). The van der Waals surface area contributed by atoms with Crippen LogP contribution in [-0.2, 0) is 6.54 Å². The molecule has 3 N–H and O–H groups in total. The van der Waals surface area contributed by atoms with Gasteiger partial charge in [-0.25, -0.2) is 4.98 Å². The highest BCUT2D eigenvalue weighted by atomic mass is 32.1. The molecule has 1 saturated carbocycles. The van der Waals surface area contributed by atoms with Crippen LogP contribution in [-0.4, -0.2) is 17.6 Å². The molecular weight excluding hydrogens is 254 g/mol. The van der Waals surface area contributed by atoms with Gasteiger partial charge in [-0.05, 0) is 43.6 Å². The van der Waals surface area contributed by atoms with E-state index in [9.17, 15) is 0 Å². The molecule has 3 nitrogen and oxygen atoms in total. The third-order valence-corrected chi connectivity index (χ3v) is 5.99. The Balaban J connectivity index is 1.85. The molecule has 0 amide bonds. The largest absolute Gasteiger partial charge is 0.327 e. The summed E-state index contributed by atoms with van der Waals surface area (Å²) in [7, 11) is 0. The summed E-state index contributed by atoms with van der Waals surface area (Å²) in [5.41, 5.74) is 6.54. The highest BCUT2D eigenvalue weighted by Gasteiger charge is 2.41. The van der Waals surface area contributed by atoms with E-state index in [0.717, 1.165) is 30.4 Å². The van der Waals surface area contributed by atoms with Crippen LogP contribution in [0.4, 0.5) is 0 Å². The summed E-state index contributed by atoms with van der Waals surface area (Å²) in [6.45, 7) is 11.1. The van der Waals surface area contributed by atoms with Crippen LogP contribution < -0.4 is 11.1 Å². The second kappa shape index (κ2) is 5.90. The SMILES string of the molecule is Cc1ncc(CNCC2CCC(N)C(C)C2(C)C)s1. The first-order valence-corrected chi connectivity index (χ1v) is 8.10. The van der Waals surface area contributed by atoms with Crippen molar-refractivity contribution < 1.29 is 0 Å². The molecule has 3 unspecified atom stereocenters. The fourth-order valence-corrected chi connectivity index (χ4v) is 3.93. The molecule has 1 aliphatic rings. The molecule has 3 atom stereocenters. The van der Waals surface area contributed by atoms with Crippen molar-refractivity contribution in [3.05, 3.63) is 16.1 Å². The molecule has 0 spiro atoms. The van der Waals surface area contributed by atoms with Gasteiger partial charge < -0.3 is 11.1 Å². The van der Waals surface area contributed by atoms with Gasteiger partial charge in [0.25, 0.3) is 0 Å². The minimum Gasteiger partial charge on any atom is -0.327 e. The minimum absolute atomic E-state index is 0.328. The quantitative estimate of drug-likeness (QED) is 0.892. The second-order valence-electron chi connectivity index (χ2n) is 6.52. The first-order valence-electron chi connectivity index (χ1n) is 7.29. The summed E-state index contributed by atoms with van der Waals surface area (Å²) in [4.78, 5) is 5.62. The van der Waals surface area contributed by atoms with Crippen molar-refractivity contribution in [1.29, 1.82) is 0 Å². The van der Waals surface area contributed by atoms with E-state index in [0.29, 0.717) is 17.4 Å². The number of thiazole rings is 1. The lowest BCUT2D eigenvalue weighted by Gasteiger charge is -2.47. The van der Waals surface area contributed by atoms with Gasteiger partial charge >= 0.3 is 0 Å². The molecule has 0 aromatic carbocycles. The van der Waals surface area contributed by atoms with Gasteiger partial charge in [0.1, 0.15) is 0 Å². The van der Waals surface area contributed by atoms with E-state index in [1.807, 2.05) is 6.20 Å². The molecular formula is C15H27N3S. The Hall–Kier alpha value is -0.450. The van der Waals surface area contributed by atoms with Gasteiger partial charge in [0.15, 0.2) is 0 Å². The van der Waals surface area contributed by atoms with E-state index in [2.05, 4.69) is 38.0 Å². The normalized spacial score (nSPS) is 30.5. The van der Waals surface area contributed by atoms with Crippen LogP contribution in [0.2, 0.25) is 0 Å². The summed E-state index contributed by atoms with van der Waals surface area (Å²) >= 11 is 1.78. The van der Waals surface area contributed by atoms with Crippen molar-refractivity contribution in [3.63, 3.8) is 0 Å². The van der Waals surface area contributed by atoms with Crippen LogP contribution in [0.1, 0.15) is 43.5 Å². The predicted octanol–water partition coefficient (Wildman–Crippen LogP) is 2.94. The Labute approximate surface area is 121 Å². The monoisotopic (exact) mass is 281 g/mol. The zero-order chi connectivity index (χ0) is 14.0. The molecule has 0 aliphatic heterocycles. The lowest BCUT2D eigenvalue weighted by atomic mass is 9.61. The molecule has 4 heteroatoms. The lowest BCUT2D eigenvalue weighted by molar-refractivity contribution is 0.0539. The van der Waals surface area contributed by atoms with Crippen LogP contribution in [0.5, 0.6) is 0 Å². The fraction of sp³-hybridized carbons (Fsp3) is 0.800. The Morgan fingerprint density at radius 1 is 1.47 bits per heavy atom. The number of nitrogens with zero attached hydrogens (tertiary/aromatic N) is 1. The van der Waals surface area contributed by atoms with Gasteiger partial charge in [-0.15, -0.1) is 11.3 Å². The summed E-state index contributed by atoms with van der Waals surface area (Å²) in [5, 5.41) is 4.75. The van der Waals surface area contributed by atoms with Gasteiger partial charge in [-0.1, -0.05) is 20.8 Å². The summed E-state index contributed by atoms with van der Waals surface area (Å²) < 4.78 is 0. The molecule has 0 bridgehead atoms. The summed E-state index contributed by atoms with van der Waals surface area (Å²) in [6.07, 6.45) is 4.39. The van der Waals surface area contributed by atoms with Crippen molar-refractivity contribution in [2.75, 3.05) is 6.54 Å². The molecule has 1 aliphatic carbocycles. The molecule has 19 heavy (non-hydrogen) atoms. The molecule has 1 aromatic rings. The number of aryl methyl sites for hydroxylation is 1. The van der Waals surface area contributed by atoms with E-state index in [4.69, 9.17) is 5.73 Å². The minimum atomic E-state index is 0.328. The fourth-order valence-electron chi connectivity index (χ4n) is 3.16. The second-order valence-corrected chi connectivity index (χ2v) is 7.84. The van der Waals surface area contributed by atoms with Crippen LogP contribution in [0.3, 0.4) is 0 Å². The number of rotatable bonds is 4. The number of aromatic nitrogens is 1. The Morgan fingerprint density at radius 2 is 2.21 bits per heavy atom. The Kier molecular flexibility index (Phi) is 4.64. The third kappa shape index (κ3) is 3.36. The van der Waals surface area contributed by atoms with Crippen LogP contribution in [0, 0.1) is 24.2 Å². The molecule has 0 radical (unpaired) electrons. The van der Waals surface area contributed by atoms with Gasteiger partial charge in [-0.2, -0.15) is 0 Å². The topological polar surface area (TPSA) is 50.9 Å². The van der Waals surface area contributed by atoms with Crippen LogP contribution in [0.15, 0.2) is 6.20 Å². The maximum Gasteiger partial charge on any atom is 0.0897 e. The van der Waals surface area contributed by atoms with E-state index in [-0.39, 0.29) is 0 Å². The van der Waals surface area contributed by atoms with E-state index < -0.39 is 0 Å². The first-order chi connectivity index (χ1) is 8.91. The van der Waals surface area contributed by atoms with Crippen molar-refractivity contribution in [2.45, 2.75) is 53.1 Å². The number of nitrogens with one attached hydrogen (secondary N) is 1. The number of hydrogen-bond acceptors (Lipinski definition) is 4. The molecule has 1 heterocycles. The van der Waals surface area contributed by atoms with E-state index in [1.165, 1.54) is 11.3 Å². The van der Waals surface area contributed by atoms with Gasteiger partial charge in [0.2, 0.25) is 0 Å². The average Bonchev–Trinajstić information content (AvgIpc) is 2.76. The summed E-state index contributed by atoms with van der Waals surface area (Å²) in [6, 6.07) is 0.371. The third-order valence-electron chi connectivity index (χ3n) is 5.08. The Morgan fingerprint density at radius 3 is 2.84 bits per heavy atom. The summed E-state index contributed by atoms with van der Waals surface area (Å²) in [5.74, 6) is 1.31. The van der Waals surface area contributed by atoms with Gasteiger partial charge in [0.05, 0.1) is 5.01 Å². The number of hydrogen-bond donors (Lipinski definition) is 2. The predicted molar refractivity (Wildman–Crippen MR) is 82.2 cm³/mol. The van der Waals surface area contributed by atoms with Crippen LogP contribution >= 0.6 is 11.3 Å². The molecule has 108 valence electrons. The molecule has 1 aromatic heterocycles. The average molecular weight is 281 g/mol. The number of nitrogens with two attached hydrogens (primary N) is 1. The van der Waals surface area contributed by atoms with E-state index in [1.54, 1.807) is 11.3 Å². The van der Waals surface area contributed by atoms with Crippen molar-refractivity contribution >= 4 is 11.3 Å². The van der Waals surface area contributed by atoms with Gasteiger partial charge in [-0.3, -0.25) is 0 Å². The highest BCUT2D eigenvalue weighted by Crippen LogP contribution is 2.43. The lowest BCUT2D eigenvalue weighted by Crippen LogP contribution is -2.49. The Bertz CT molecular complexity index is 413. The van der Waals surface area contributed by atoms with Crippen molar-refractivity contribution in [3.8, 4) is 0 Å². The zero-order valence-corrected chi connectivity index (χ0v) is 13.4. The van der Waals surface area contributed by atoms with Crippen LogP contribution in [0.25, 0.3) is 0 Å². The molecule has 0 saturated heterocycles. The smallest absolute Gasteiger partial charge is 0.0897 e. The highest BCUT2D eigenvalue weighted by molar-refractivity contribution is 7.11. The standard InChI is InChI=1S/C15H27N3S/c1-10-14(16)6-5-12(15(10,3)4)7-17-8-13-9-18-11(2)19-13/h9-10,12,14,17H,5-8,16H2,1-4H3. The van der Waals surface area contributed by atoms with Crippen molar-refractivity contribution in [2.24, 2.45) is 23.0 Å². The van der Waals surface area contributed by atoms with Crippen molar-refractivity contribution in [1.82, 2.24) is 10.3 Å². The molecule has 1 fully saturated rings. The van der Waals surface area contributed by atoms with E-state index >= 15 is 0 Å².